The number of aryl methyl sites for hydroxylation is 1. The highest BCUT2D eigenvalue weighted by molar-refractivity contribution is 7.89. The van der Waals surface area contributed by atoms with Crippen LogP contribution in [0, 0.1) is 6.92 Å². The Balaban J connectivity index is 1.48. The monoisotopic (exact) mass is 423 g/mol. The lowest BCUT2D eigenvalue weighted by atomic mass is 10.2. The zero-order valence-corrected chi connectivity index (χ0v) is 17.2. The van der Waals surface area contributed by atoms with Crippen LogP contribution in [0.4, 0.5) is 0 Å². The highest BCUT2D eigenvalue weighted by Gasteiger charge is 2.17. The molecule has 0 unspecified atom stereocenters. The number of aromatic nitrogens is 4. The quantitative estimate of drug-likeness (QED) is 0.490. The second-order valence-corrected chi connectivity index (χ2v) is 8.67. The van der Waals surface area contributed by atoms with Gasteiger partial charge in [0, 0.05) is 19.3 Å². The van der Waals surface area contributed by atoms with Crippen LogP contribution in [0.2, 0.25) is 0 Å². The molecule has 1 N–H and O–H groups in total. The van der Waals surface area contributed by atoms with E-state index in [0.29, 0.717) is 23.3 Å². The van der Waals surface area contributed by atoms with Gasteiger partial charge in [-0.3, -0.25) is 9.48 Å². The van der Waals surface area contributed by atoms with Crippen molar-refractivity contribution < 1.29 is 8.42 Å². The third-order valence-corrected chi connectivity index (χ3v) is 6.17. The molecule has 0 radical (unpaired) electrons. The van der Waals surface area contributed by atoms with E-state index in [1.807, 2.05) is 48.5 Å². The molecular weight excluding hydrogens is 402 g/mol. The van der Waals surface area contributed by atoms with Crippen LogP contribution in [0.5, 0.6) is 0 Å². The SMILES string of the molecule is Cc1nc2ccccc2n(CCNS(=O)(=O)c2cnn(Cc3ccccc3)c2)c1=O. The van der Waals surface area contributed by atoms with E-state index in [2.05, 4.69) is 14.8 Å². The fraction of sp³-hybridized carbons (Fsp3) is 0.190. The summed E-state index contributed by atoms with van der Waals surface area (Å²) in [6.07, 6.45) is 2.82. The number of hydrogen-bond donors (Lipinski definition) is 1. The average Bonchev–Trinajstić information content (AvgIpc) is 3.21. The minimum absolute atomic E-state index is 0.0690. The largest absolute Gasteiger partial charge is 0.304 e. The molecule has 0 aliphatic carbocycles. The predicted octanol–water partition coefficient (Wildman–Crippen LogP) is 1.93. The predicted molar refractivity (Wildman–Crippen MR) is 114 cm³/mol. The van der Waals surface area contributed by atoms with E-state index in [9.17, 15) is 13.2 Å². The molecule has 0 aliphatic heterocycles. The van der Waals surface area contributed by atoms with Gasteiger partial charge in [-0.25, -0.2) is 18.1 Å². The van der Waals surface area contributed by atoms with Gasteiger partial charge in [-0.1, -0.05) is 42.5 Å². The first-order chi connectivity index (χ1) is 14.4. The van der Waals surface area contributed by atoms with E-state index < -0.39 is 10.0 Å². The third kappa shape index (κ3) is 4.17. The molecule has 2 heterocycles. The molecular formula is C21H21N5O3S. The zero-order valence-electron chi connectivity index (χ0n) is 16.4. The maximum absolute atomic E-state index is 12.6. The van der Waals surface area contributed by atoms with Crippen LogP contribution in [0.25, 0.3) is 11.0 Å². The van der Waals surface area contributed by atoms with Gasteiger partial charge in [-0.15, -0.1) is 0 Å². The highest BCUT2D eigenvalue weighted by atomic mass is 32.2. The summed E-state index contributed by atoms with van der Waals surface area (Å²) in [5.41, 5.74) is 2.53. The Morgan fingerprint density at radius 3 is 2.57 bits per heavy atom. The molecule has 0 amide bonds. The summed E-state index contributed by atoms with van der Waals surface area (Å²) in [6, 6.07) is 17.0. The van der Waals surface area contributed by atoms with E-state index >= 15 is 0 Å². The summed E-state index contributed by atoms with van der Waals surface area (Å²) in [5, 5.41) is 4.14. The van der Waals surface area contributed by atoms with Crippen LogP contribution in [0.15, 0.2) is 76.7 Å². The van der Waals surface area contributed by atoms with E-state index in [1.54, 1.807) is 22.2 Å². The summed E-state index contributed by atoms with van der Waals surface area (Å²) in [7, 11) is -3.74. The maximum atomic E-state index is 12.6. The van der Waals surface area contributed by atoms with Crippen molar-refractivity contribution in [2.75, 3.05) is 6.54 Å². The molecule has 4 rings (SSSR count). The van der Waals surface area contributed by atoms with Crippen LogP contribution in [0.3, 0.4) is 0 Å². The fourth-order valence-electron chi connectivity index (χ4n) is 3.26. The highest BCUT2D eigenvalue weighted by Crippen LogP contribution is 2.11. The zero-order chi connectivity index (χ0) is 21.1. The number of hydrogen-bond acceptors (Lipinski definition) is 5. The molecule has 9 heteroatoms. The Morgan fingerprint density at radius 1 is 1.03 bits per heavy atom. The van der Waals surface area contributed by atoms with Crippen LogP contribution in [-0.2, 0) is 23.1 Å². The topological polar surface area (TPSA) is 98.9 Å². The molecule has 154 valence electrons. The number of fused-ring (bicyclic) bond motifs is 1. The van der Waals surface area contributed by atoms with Gasteiger partial charge >= 0.3 is 0 Å². The Bertz CT molecular complexity index is 1340. The molecule has 8 nitrogen and oxygen atoms in total. The summed E-state index contributed by atoms with van der Waals surface area (Å²) in [6.45, 7) is 2.39. The van der Waals surface area contributed by atoms with E-state index in [1.165, 1.54) is 12.4 Å². The average molecular weight is 423 g/mol. The lowest BCUT2D eigenvalue weighted by Crippen LogP contribution is -2.32. The first-order valence-corrected chi connectivity index (χ1v) is 10.9. The van der Waals surface area contributed by atoms with Gasteiger partial charge in [0.1, 0.15) is 10.6 Å². The van der Waals surface area contributed by atoms with Crippen LogP contribution in [0.1, 0.15) is 11.3 Å². The summed E-state index contributed by atoms with van der Waals surface area (Å²) in [5.74, 6) is 0. The Morgan fingerprint density at radius 2 is 1.77 bits per heavy atom. The summed E-state index contributed by atoms with van der Waals surface area (Å²) in [4.78, 5) is 16.9. The number of nitrogens with zero attached hydrogens (tertiary/aromatic N) is 4. The smallest absolute Gasteiger partial charge is 0.272 e. The van der Waals surface area contributed by atoms with Gasteiger partial charge in [0.05, 0.1) is 23.8 Å². The standard InChI is InChI=1S/C21H21N5O3S/c1-16-21(27)26(20-10-6-5-9-19(20)24-16)12-11-23-30(28,29)18-13-22-25(15-18)14-17-7-3-2-4-8-17/h2-10,13,15,23H,11-12,14H2,1H3. The molecule has 2 aromatic heterocycles. The van der Waals surface area contributed by atoms with Crippen molar-refractivity contribution in [2.24, 2.45) is 0 Å². The van der Waals surface area contributed by atoms with Gasteiger partial charge in [0.25, 0.3) is 5.56 Å². The second kappa shape index (κ2) is 8.21. The van der Waals surface area contributed by atoms with Gasteiger partial charge in [-0.05, 0) is 24.6 Å². The molecule has 4 aromatic rings. The van der Waals surface area contributed by atoms with Crippen molar-refractivity contribution in [3.05, 3.63) is 88.6 Å². The number of benzene rings is 2. The molecule has 0 saturated carbocycles. The van der Waals surface area contributed by atoms with Crippen molar-refractivity contribution in [3.63, 3.8) is 0 Å². The van der Waals surface area contributed by atoms with Crippen LogP contribution in [-0.4, -0.2) is 34.3 Å². The molecule has 0 fully saturated rings. The van der Waals surface area contributed by atoms with Gasteiger partial charge in [0.15, 0.2) is 0 Å². The number of sulfonamides is 1. The lowest BCUT2D eigenvalue weighted by molar-refractivity contribution is 0.572. The number of para-hydroxylation sites is 2. The minimum Gasteiger partial charge on any atom is -0.304 e. The lowest BCUT2D eigenvalue weighted by Gasteiger charge is -2.11. The molecule has 0 aliphatic rings. The number of rotatable bonds is 7. The first-order valence-electron chi connectivity index (χ1n) is 9.46. The van der Waals surface area contributed by atoms with Crippen molar-refractivity contribution in [3.8, 4) is 0 Å². The minimum atomic E-state index is -3.74. The van der Waals surface area contributed by atoms with E-state index in [0.717, 1.165) is 5.56 Å². The number of nitrogens with one attached hydrogen (secondary N) is 1. The molecule has 0 spiro atoms. The van der Waals surface area contributed by atoms with E-state index in [4.69, 9.17) is 0 Å². The summed E-state index contributed by atoms with van der Waals surface area (Å²) < 4.78 is 30.9. The van der Waals surface area contributed by atoms with Crippen molar-refractivity contribution in [1.82, 2.24) is 24.1 Å². The first kappa shape index (κ1) is 20.0. The van der Waals surface area contributed by atoms with Crippen LogP contribution >= 0.6 is 0 Å². The summed E-state index contributed by atoms with van der Waals surface area (Å²) >= 11 is 0. The van der Waals surface area contributed by atoms with Gasteiger partial charge in [0.2, 0.25) is 10.0 Å². The second-order valence-electron chi connectivity index (χ2n) is 6.90. The Hall–Kier alpha value is -3.30. The fourth-order valence-corrected chi connectivity index (χ4v) is 4.23. The Labute approximate surface area is 173 Å². The van der Waals surface area contributed by atoms with Gasteiger partial charge < -0.3 is 4.57 Å². The van der Waals surface area contributed by atoms with Crippen LogP contribution < -0.4 is 10.3 Å². The van der Waals surface area contributed by atoms with Crippen molar-refractivity contribution in [1.29, 1.82) is 0 Å². The molecule has 0 atom stereocenters. The van der Waals surface area contributed by atoms with Crippen molar-refractivity contribution >= 4 is 21.1 Å². The molecule has 2 aromatic carbocycles. The van der Waals surface area contributed by atoms with Crippen molar-refractivity contribution in [2.45, 2.75) is 24.9 Å². The third-order valence-electron chi connectivity index (χ3n) is 4.75. The van der Waals surface area contributed by atoms with E-state index in [-0.39, 0.29) is 23.5 Å². The molecule has 0 bridgehead atoms. The maximum Gasteiger partial charge on any atom is 0.272 e. The van der Waals surface area contributed by atoms with Gasteiger partial charge in [-0.2, -0.15) is 5.10 Å². The molecule has 30 heavy (non-hydrogen) atoms. The normalized spacial score (nSPS) is 11.8. The molecule has 0 saturated heterocycles. The Kier molecular flexibility index (Phi) is 5.47.